The first-order chi connectivity index (χ1) is 14.5. The first kappa shape index (κ1) is 19.6. The van der Waals surface area contributed by atoms with Gasteiger partial charge in [0.05, 0.1) is 16.9 Å². The molecule has 30 heavy (non-hydrogen) atoms. The van der Waals surface area contributed by atoms with Crippen molar-refractivity contribution in [3.05, 3.63) is 59.7 Å². The Labute approximate surface area is 173 Å². The normalized spacial score (nSPS) is 15.6. The SMILES string of the molecule is O=C1CN(C(=O)COC(=O)c2ccc(CN3CCCC3=O)cc2)c2ccccc2N1. The number of carbonyl (C=O) groups is 4. The predicted octanol–water partition coefficient (Wildman–Crippen LogP) is 1.95. The molecule has 0 unspecified atom stereocenters. The van der Waals surface area contributed by atoms with Gasteiger partial charge in [0.25, 0.3) is 5.91 Å². The zero-order valence-electron chi connectivity index (χ0n) is 16.3. The van der Waals surface area contributed by atoms with Gasteiger partial charge in [0.2, 0.25) is 11.8 Å². The van der Waals surface area contributed by atoms with Gasteiger partial charge < -0.3 is 15.0 Å². The van der Waals surface area contributed by atoms with Gasteiger partial charge in [-0.1, -0.05) is 24.3 Å². The number of ether oxygens (including phenoxy) is 1. The predicted molar refractivity (Wildman–Crippen MR) is 109 cm³/mol. The molecule has 8 nitrogen and oxygen atoms in total. The van der Waals surface area contributed by atoms with Gasteiger partial charge in [0.15, 0.2) is 6.61 Å². The summed E-state index contributed by atoms with van der Waals surface area (Å²) in [6.45, 7) is 0.674. The highest BCUT2D eigenvalue weighted by atomic mass is 16.5. The molecule has 0 aliphatic carbocycles. The van der Waals surface area contributed by atoms with Crippen molar-refractivity contribution < 1.29 is 23.9 Å². The largest absolute Gasteiger partial charge is 0.452 e. The Balaban J connectivity index is 1.35. The standard InChI is InChI=1S/C22H21N3O5/c26-19-13-25(18-5-2-1-4-17(18)23-19)21(28)14-30-22(29)16-9-7-15(8-10-16)12-24-11-3-6-20(24)27/h1-2,4-5,7-10H,3,6,11-14H2,(H,23,26). The van der Waals surface area contributed by atoms with E-state index in [4.69, 9.17) is 4.74 Å². The number of fused-ring (bicyclic) bond motifs is 1. The van der Waals surface area contributed by atoms with E-state index in [1.807, 2.05) is 0 Å². The maximum atomic E-state index is 12.6. The zero-order valence-corrected chi connectivity index (χ0v) is 16.3. The van der Waals surface area contributed by atoms with E-state index in [1.54, 1.807) is 53.4 Å². The summed E-state index contributed by atoms with van der Waals surface area (Å²) in [5.41, 5.74) is 2.35. The number of nitrogens with zero attached hydrogens (tertiary/aromatic N) is 2. The van der Waals surface area contributed by atoms with Crippen molar-refractivity contribution in [1.29, 1.82) is 0 Å². The molecule has 154 valence electrons. The van der Waals surface area contributed by atoms with Crippen LogP contribution in [0.3, 0.4) is 0 Å². The highest BCUT2D eigenvalue weighted by Gasteiger charge is 2.27. The number of carbonyl (C=O) groups excluding carboxylic acids is 4. The lowest BCUT2D eigenvalue weighted by Crippen LogP contribution is -2.44. The molecule has 2 aromatic rings. The molecule has 8 heteroatoms. The van der Waals surface area contributed by atoms with E-state index < -0.39 is 18.5 Å². The van der Waals surface area contributed by atoms with Crippen molar-refractivity contribution in [2.45, 2.75) is 19.4 Å². The number of benzene rings is 2. The first-order valence-corrected chi connectivity index (χ1v) is 9.74. The zero-order chi connectivity index (χ0) is 21.1. The molecule has 2 aliphatic heterocycles. The molecule has 3 amide bonds. The Bertz CT molecular complexity index is 1000. The number of likely N-dealkylation sites (tertiary alicyclic amines) is 1. The molecule has 1 N–H and O–H groups in total. The van der Waals surface area contributed by atoms with E-state index >= 15 is 0 Å². The molecule has 0 bridgehead atoms. The summed E-state index contributed by atoms with van der Waals surface area (Å²) in [7, 11) is 0. The third-order valence-corrected chi connectivity index (χ3v) is 5.13. The minimum atomic E-state index is -0.623. The Morgan fingerprint density at radius 3 is 2.53 bits per heavy atom. The quantitative estimate of drug-likeness (QED) is 0.765. The Hall–Kier alpha value is -3.68. The summed E-state index contributed by atoms with van der Waals surface area (Å²) in [5, 5.41) is 2.70. The van der Waals surface area contributed by atoms with Gasteiger partial charge in [-0.2, -0.15) is 0 Å². The molecule has 2 aromatic carbocycles. The number of anilines is 2. The molecule has 1 saturated heterocycles. The van der Waals surface area contributed by atoms with Crippen LogP contribution in [0.5, 0.6) is 0 Å². The molecular weight excluding hydrogens is 386 g/mol. The van der Waals surface area contributed by atoms with Gasteiger partial charge in [0.1, 0.15) is 6.54 Å². The third kappa shape index (κ3) is 4.17. The highest BCUT2D eigenvalue weighted by molar-refractivity contribution is 6.10. The summed E-state index contributed by atoms with van der Waals surface area (Å²) in [5.74, 6) is -1.26. The third-order valence-electron chi connectivity index (χ3n) is 5.13. The highest BCUT2D eigenvalue weighted by Crippen LogP contribution is 2.28. The van der Waals surface area contributed by atoms with Crippen LogP contribution in [-0.4, -0.2) is 48.3 Å². The number of hydrogen-bond donors (Lipinski definition) is 1. The summed E-state index contributed by atoms with van der Waals surface area (Å²) >= 11 is 0. The molecule has 0 aromatic heterocycles. The van der Waals surface area contributed by atoms with Gasteiger partial charge in [-0.15, -0.1) is 0 Å². The van der Waals surface area contributed by atoms with Gasteiger partial charge in [-0.25, -0.2) is 4.79 Å². The summed E-state index contributed by atoms with van der Waals surface area (Å²) in [6.07, 6.45) is 1.46. The van der Waals surface area contributed by atoms with E-state index in [0.717, 1.165) is 18.5 Å². The van der Waals surface area contributed by atoms with E-state index in [-0.39, 0.29) is 18.4 Å². The number of esters is 1. The van der Waals surface area contributed by atoms with Gasteiger partial charge in [-0.3, -0.25) is 19.3 Å². The minimum Gasteiger partial charge on any atom is -0.452 e. The lowest BCUT2D eigenvalue weighted by Gasteiger charge is -2.28. The first-order valence-electron chi connectivity index (χ1n) is 9.74. The van der Waals surface area contributed by atoms with Gasteiger partial charge in [0, 0.05) is 19.5 Å². The fourth-order valence-corrected chi connectivity index (χ4v) is 3.58. The van der Waals surface area contributed by atoms with E-state index in [9.17, 15) is 19.2 Å². The summed E-state index contributed by atoms with van der Waals surface area (Å²) in [4.78, 5) is 51.5. The molecule has 4 rings (SSSR count). The molecular formula is C22H21N3O5. The van der Waals surface area contributed by atoms with Crippen molar-refractivity contribution in [3.8, 4) is 0 Å². The number of rotatable bonds is 5. The van der Waals surface area contributed by atoms with Crippen LogP contribution in [0.1, 0.15) is 28.8 Å². The minimum absolute atomic E-state index is 0.128. The van der Waals surface area contributed by atoms with Crippen LogP contribution < -0.4 is 10.2 Å². The van der Waals surface area contributed by atoms with Crippen molar-refractivity contribution in [1.82, 2.24) is 4.90 Å². The molecule has 0 spiro atoms. The molecule has 0 atom stereocenters. The average Bonchev–Trinajstić information content (AvgIpc) is 3.16. The van der Waals surface area contributed by atoms with E-state index in [2.05, 4.69) is 5.32 Å². The lowest BCUT2D eigenvalue weighted by molar-refractivity contribution is -0.128. The molecule has 2 heterocycles. The topological polar surface area (TPSA) is 96.0 Å². The molecule has 1 fully saturated rings. The van der Waals surface area contributed by atoms with Crippen molar-refractivity contribution in [3.63, 3.8) is 0 Å². The fraction of sp³-hybridized carbons (Fsp3) is 0.273. The number of hydrogen-bond acceptors (Lipinski definition) is 5. The fourth-order valence-electron chi connectivity index (χ4n) is 3.58. The van der Waals surface area contributed by atoms with Gasteiger partial charge >= 0.3 is 5.97 Å². The monoisotopic (exact) mass is 407 g/mol. The Morgan fingerprint density at radius 2 is 1.80 bits per heavy atom. The molecule has 2 aliphatic rings. The van der Waals surface area contributed by atoms with Crippen LogP contribution in [0.4, 0.5) is 11.4 Å². The molecule has 0 radical (unpaired) electrons. The Kier molecular flexibility index (Phi) is 5.47. The smallest absolute Gasteiger partial charge is 0.338 e. The maximum absolute atomic E-state index is 12.6. The second-order valence-corrected chi connectivity index (χ2v) is 7.24. The van der Waals surface area contributed by atoms with Crippen LogP contribution >= 0.6 is 0 Å². The number of para-hydroxylation sites is 2. The second kappa shape index (κ2) is 8.36. The second-order valence-electron chi connectivity index (χ2n) is 7.24. The number of nitrogens with one attached hydrogen (secondary N) is 1. The summed E-state index contributed by atoms with van der Waals surface area (Å²) < 4.78 is 5.16. The van der Waals surface area contributed by atoms with Crippen molar-refractivity contribution in [2.75, 3.05) is 29.9 Å². The van der Waals surface area contributed by atoms with Crippen LogP contribution in [0.2, 0.25) is 0 Å². The van der Waals surface area contributed by atoms with E-state index in [1.165, 1.54) is 4.90 Å². The summed E-state index contributed by atoms with van der Waals surface area (Å²) in [6, 6.07) is 13.7. The maximum Gasteiger partial charge on any atom is 0.338 e. The number of amides is 3. The van der Waals surface area contributed by atoms with Gasteiger partial charge in [-0.05, 0) is 36.2 Å². The Morgan fingerprint density at radius 1 is 1.03 bits per heavy atom. The van der Waals surface area contributed by atoms with Crippen LogP contribution in [0, 0.1) is 0 Å². The van der Waals surface area contributed by atoms with Crippen LogP contribution in [0.15, 0.2) is 48.5 Å². The van der Waals surface area contributed by atoms with Crippen LogP contribution in [-0.2, 0) is 25.7 Å². The molecule has 0 saturated carbocycles. The average molecular weight is 407 g/mol. The van der Waals surface area contributed by atoms with Crippen molar-refractivity contribution >= 4 is 35.1 Å². The van der Waals surface area contributed by atoms with Crippen molar-refractivity contribution in [2.24, 2.45) is 0 Å². The van der Waals surface area contributed by atoms with E-state index in [0.29, 0.717) is 29.9 Å². The van der Waals surface area contributed by atoms with Crippen LogP contribution in [0.25, 0.3) is 0 Å². The lowest BCUT2D eigenvalue weighted by atomic mass is 10.1.